The van der Waals surface area contributed by atoms with E-state index in [1.54, 1.807) is 24.3 Å². The van der Waals surface area contributed by atoms with Gasteiger partial charge in [0.1, 0.15) is 19.8 Å². The average molecular weight is 588 g/mol. The molecule has 5 rings (SSSR count). The van der Waals surface area contributed by atoms with Gasteiger partial charge in [0.25, 0.3) is 11.6 Å². The molecule has 0 bridgehead atoms. The summed E-state index contributed by atoms with van der Waals surface area (Å²) in [5.74, 6) is 0.471. The quantitative estimate of drug-likeness (QED) is 0.0894. The molecule has 5 aromatic rings. The van der Waals surface area contributed by atoms with E-state index in [1.807, 2.05) is 91.0 Å². The lowest BCUT2D eigenvalue weighted by Crippen LogP contribution is -2.18. The molecular formula is C35H29N3O6. The van der Waals surface area contributed by atoms with Gasteiger partial charge in [0.15, 0.2) is 11.5 Å². The van der Waals surface area contributed by atoms with E-state index in [0.717, 1.165) is 16.7 Å². The fraction of sp³-hybridized carbons (Fsp3) is 0.0857. The highest BCUT2D eigenvalue weighted by molar-refractivity contribution is 5.96. The Balaban J connectivity index is 1.45. The summed E-state index contributed by atoms with van der Waals surface area (Å²) in [4.78, 5) is 23.9. The van der Waals surface area contributed by atoms with Crippen LogP contribution < -0.4 is 19.6 Å². The first-order valence-corrected chi connectivity index (χ1v) is 13.8. The number of rotatable bonds is 13. The highest BCUT2D eigenvalue weighted by atomic mass is 16.6. The summed E-state index contributed by atoms with van der Waals surface area (Å²) in [5.41, 5.74) is 5.91. The molecule has 5 aromatic carbocycles. The lowest BCUT2D eigenvalue weighted by Gasteiger charge is -2.19. The maximum absolute atomic E-state index is 13.3. The zero-order valence-corrected chi connectivity index (χ0v) is 23.7. The number of nitrogens with one attached hydrogen (secondary N) is 1. The molecule has 0 fully saturated rings. The van der Waals surface area contributed by atoms with Crippen molar-refractivity contribution < 1.29 is 23.9 Å². The highest BCUT2D eigenvalue weighted by Crippen LogP contribution is 2.40. The number of non-ortho nitro benzene ring substituents is 1. The molecular weight excluding hydrogens is 558 g/mol. The number of carbonyl (C=O) groups excluding carboxylic acids is 1. The minimum Gasteiger partial charge on any atom is -0.485 e. The van der Waals surface area contributed by atoms with Crippen molar-refractivity contribution >= 4 is 17.8 Å². The molecule has 0 saturated heterocycles. The van der Waals surface area contributed by atoms with E-state index in [4.69, 9.17) is 14.2 Å². The van der Waals surface area contributed by atoms with Gasteiger partial charge in [-0.05, 0) is 28.8 Å². The third kappa shape index (κ3) is 8.29. The zero-order valence-electron chi connectivity index (χ0n) is 23.7. The van der Waals surface area contributed by atoms with Gasteiger partial charge < -0.3 is 14.2 Å². The number of carbonyl (C=O) groups is 1. The van der Waals surface area contributed by atoms with Gasteiger partial charge in [-0.25, -0.2) is 5.43 Å². The van der Waals surface area contributed by atoms with Crippen LogP contribution in [0, 0.1) is 10.1 Å². The molecule has 1 amide bonds. The summed E-state index contributed by atoms with van der Waals surface area (Å²) in [5, 5.41) is 15.1. The van der Waals surface area contributed by atoms with Crippen molar-refractivity contribution in [3.05, 3.63) is 165 Å². The van der Waals surface area contributed by atoms with Gasteiger partial charge in [-0.1, -0.05) is 103 Å². The number of nitrogens with zero attached hydrogens (tertiary/aromatic N) is 2. The van der Waals surface area contributed by atoms with Crippen LogP contribution in [0.4, 0.5) is 5.69 Å². The van der Waals surface area contributed by atoms with Crippen LogP contribution in [0.3, 0.4) is 0 Å². The molecule has 0 radical (unpaired) electrons. The molecule has 1 N–H and O–H groups in total. The Morgan fingerprint density at radius 1 is 0.682 bits per heavy atom. The Kier molecular flexibility index (Phi) is 9.92. The predicted molar refractivity (Wildman–Crippen MR) is 167 cm³/mol. The van der Waals surface area contributed by atoms with E-state index >= 15 is 0 Å². The van der Waals surface area contributed by atoms with Gasteiger partial charge in [-0.15, -0.1) is 0 Å². The van der Waals surface area contributed by atoms with Gasteiger partial charge in [-0.2, -0.15) is 5.10 Å². The smallest absolute Gasteiger partial charge is 0.271 e. The summed E-state index contributed by atoms with van der Waals surface area (Å²) in [7, 11) is 0. The normalized spacial score (nSPS) is 10.7. The zero-order chi connectivity index (χ0) is 30.6. The van der Waals surface area contributed by atoms with Crippen molar-refractivity contribution in [1.82, 2.24) is 5.43 Å². The van der Waals surface area contributed by atoms with Crippen LogP contribution in [0.25, 0.3) is 0 Å². The van der Waals surface area contributed by atoms with Crippen molar-refractivity contribution in [3.8, 4) is 17.2 Å². The van der Waals surface area contributed by atoms with Crippen LogP contribution in [0.15, 0.2) is 132 Å². The number of benzene rings is 5. The standard InChI is InChI=1S/C35H29N3O6/c39-35(37-36-22-29-17-10-18-31(19-29)38(40)41)30-20-32(42-23-26-11-4-1-5-12-26)34(44-25-28-15-8-3-9-16-28)33(21-30)43-24-27-13-6-2-7-14-27/h1-22H,23-25H2,(H,37,39)/b36-22+. The van der Waals surface area contributed by atoms with E-state index < -0.39 is 10.8 Å². The van der Waals surface area contributed by atoms with Crippen LogP contribution >= 0.6 is 0 Å². The fourth-order valence-corrected chi connectivity index (χ4v) is 4.21. The van der Waals surface area contributed by atoms with E-state index in [1.165, 1.54) is 18.3 Å². The van der Waals surface area contributed by atoms with Crippen LogP contribution in [0.1, 0.15) is 32.6 Å². The minimum absolute atomic E-state index is 0.0771. The van der Waals surface area contributed by atoms with Crippen molar-refractivity contribution in [1.29, 1.82) is 0 Å². The van der Waals surface area contributed by atoms with E-state index in [9.17, 15) is 14.9 Å². The fourth-order valence-electron chi connectivity index (χ4n) is 4.21. The topological polar surface area (TPSA) is 112 Å². The molecule has 0 atom stereocenters. The average Bonchev–Trinajstić information content (AvgIpc) is 3.07. The summed E-state index contributed by atoms with van der Waals surface area (Å²) >= 11 is 0. The minimum atomic E-state index is -0.532. The molecule has 44 heavy (non-hydrogen) atoms. The Bertz CT molecular complexity index is 1660. The Morgan fingerprint density at radius 3 is 1.68 bits per heavy atom. The molecule has 0 aromatic heterocycles. The Morgan fingerprint density at radius 2 is 1.18 bits per heavy atom. The molecule has 0 heterocycles. The van der Waals surface area contributed by atoms with Crippen LogP contribution in [-0.4, -0.2) is 17.0 Å². The SMILES string of the molecule is O=C(N/N=C/c1cccc([N+](=O)[O-])c1)c1cc(OCc2ccccc2)c(OCc2ccccc2)c(OCc2ccccc2)c1. The monoisotopic (exact) mass is 587 g/mol. The summed E-state index contributed by atoms with van der Waals surface area (Å²) < 4.78 is 18.7. The van der Waals surface area contributed by atoms with Crippen LogP contribution in [0.2, 0.25) is 0 Å². The van der Waals surface area contributed by atoms with Gasteiger partial charge >= 0.3 is 0 Å². The first-order valence-electron chi connectivity index (χ1n) is 13.8. The second kappa shape index (κ2) is 14.8. The lowest BCUT2D eigenvalue weighted by atomic mass is 10.1. The number of amides is 1. The Hall–Kier alpha value is -5.96. The van der Waals surface area contributed by atoms with E-state index in [2.05, 4.69) is 10.5 Å². The number of hydrazone groups is 1. The first kappa shape index (κ1) is 29.5. The number of nitro benzene ring substituents is 1. The molecule has 220 valence electrons. The van der Waals surface area contributed by atoms with Gasteiger partial charge in [0.2, 0.25) is 5.75 Å². The van der Waals surface area contributed by atoms with Gasteiger partial charge in [0, 0.05) is 23.3 Å². The first-order chi connectivity index (χ1) is 21.5. The van der Waals surface area contributed by atoms with Crippen LogP contribution in [-0.2, 0) is 19.8 Å². The predicted octanol–water partition coefficient (Wildman–Crippen LogP) is 7.10. The third-order valence-corrected chi connectivity index (χ3v) is 6.44. The molecule has 0 aliphatic carbocycles. The molecule has 0 saturated carbocycles. The molecule has 9 heteroatoms. The number of ether oxygens (including phenoxy) is 3. The van der Waals surface area contributed by atoms with Crippen molar-refractivity contribution in [2.24, 2.45) is 5.10 Å². The second-order valence-electron chi connectivity index (χ2n) is 9.68. The van der Waals surface area contributed by atoms with E-state index in [-0.39, 0.29) is 31.1 Å². The summed E-state index contributed by atoms with van der Waals surface area (Å²) in [6.07, 6.45) is 1.34. The maximum Gasteiger partial charge on any atom is 0.271 e. The van der Waals surface area contributed by atoms with Gasteiger partial charge in [0.05, 0.1) is 11.1 Å². The van der Waals surface area contributed by atoms with Crippen molar-refractivity contribution in [3.63, 3.8) is 0 Å². The molecule has 0 aliphatic rings. The van der Waals surface area contributed by atoms with Crippen molar-refractivity contribution in [2.45, 2.75) is 19.8 Å². The third-order valence-electron chi connectivity index (χ3n) is 6.44. The molecule has 0 aliphatic heterocycles. The second-order valence-corrected chi connectivity index (χ2v) is 9.68. The van der Waals surface area contributed by atoms with Crippen molar-refractivity contribution in [2.75, 3.05) is 0 Å². The van der Waals surface area contributed by atoms with E-state index in [0.29, 0.717) is 22.8 Å². The number of nitro groups is 1. The highest BCUT2D eigenvalue weighted by Gasteiger charge is 2.20. The Labute approximate surface area is 254 Å². The molecule has 9 nitrogen and oxygen atoms in total. The number of hydrogen-bond donors (Lipinski definition) is 1. The maximum atomic E-state index is 13.3. The summed E-state index contributed by atoms with van der Waals surface area (Å²) in [6.45, 7) is 0.719. The number of hydrogen-bond acceptors (Lipinski definition) is 7. The summed E-state index contributed by atoms with van der Waals surface area (Å²) in [6, 6.07) is 38.1. The lowest BCUT2D eigenvalue weighted by molar-refractivity contribution is -0.384. The molecule has 0 spiro atoms. The van der Waals surface area contributed by atoms with Gasteiger partial charge in [-0.3, -0.25) is 14.9 Å². The largest absolute Gasteiger partial charge is 0.485 e. The molecule has 0 unspecified atom stereocenters. The van der Waals surface area contributed by atoms with Crippen LogP contribution in [0.5, 0.6) is 17.2 Å².